The molecule has 0 aliphatic rings. The standard InChI is InChI=1S/C24H24N4O/c1-18(26-24(29)20-13-15-25-16-14-20)23-27-21-11-5-6-12-22(21)28(23)17-7-10-19-8-3-2-4-9-19/h2-6,8-9,11-16,18H,7,10,17H2,1H3,(H,26,29). The third-order valence-electron chi connectivity index (χ3n) is 5.05. The van der Waals surface area contributed by atoms with Crippen LogP contribution in [-0.4, -0.2) is 20.4 Å². The van der Waals surface area contributed by atoms with E-state index in [0.717, 1.165) is 36.2 Å². The lowest BCUT2D eigenvalue weighted by Crippen LogP contribution is -2.28. The Kier molecular flexibility index (Phi) is 5.66. The second kappa shape index (κ2) is 8.69. The first-order valence-corrected chi connectivity index (χ1v) is 9.92. The van der Waals surface area contributed by atoms with Crippen molar-refractivity contribution >= 4 is 16.9 Å². The summed E-state index contributed by atoms with van der Waals surface area (Å²) in [5.74, 6) is 0.754. The first kappa shape index (κ1) is 18.9. The highest BCUT2D eigenvalue weighted by Gasteiger charge is 2.19. The maximum atomic E-state index is 12.6. The van der Waals surface area contributed by atoms with Gasteiger partial charge in [0.15, 0.2) is 0 Å². The molecule has 0 aliphatic heterocycles. The molecule has 0 saturated heterocycles. The van der Waals surface area contributed by atoms with E-state index in [4.69, 9.17) is 4.98 Å². The molecule has 29 heavy (non-hydrogen) atoms. The Hall–Kier alpha value is -3.47. The summed E-state index contributed by atoms with van der Waals surface area (Å²) >= 11 is 0. The van der Waals surface area contributed by atoms with Crippen molar-refractivity contribution < 1.29 is 4.79 Å². The molecule has 0 fully saturated rings. The molecule has 0 radical (unpaired) electrons. The fourth-order valence-corrected chi connectivity index (χ4v) is 3.59. The van der Waals surface area contributed by atoms with E-state index < -0.39 is 0 Å². The van der Waals surface area contributed by atoms with Crippen LogP contribution in [0.5, 0.6) is 0 Å². The van der Waals surface area contributed by atoms with Crippen molar-refractivity contribution in [2.45, 2.75) is 32.4 Å². The molecule has 5 nitrogen and oxygen atoms in total. The van der Waals surface area contributed by atoms with E-state index >= 15 is 0 Å². The van der Waals surface area contributed by atoms with E-state index in [9.17, 15) is 4.79 Å². The molecular formula is C24H24N4O. The summed E-state index contributed by atoms with van der Waals surface area (Å²) in [6, 6.07) is 21.8. The SMILES string of the molecule is CC(NC(=O)c1ccncc1)c1nc2ccccc2n1CCCc1ccccc1. The van der Waals surface area contributed by atoms with Crippen molar-refractivity contribution in [3.8, 4) is 0 Å². The fraction of sp³-hybridized carbons (Fsp3) is 0.208. The number of rotatable bonds is 7. The highest BCUT2D eigenvalue weighted by atomic mass is 16.1. The second-order valence-corrected chi connectivity index (χ2v) is 7.13. The van der Waals surface area contributed by atoms with Crippen LogP contribution in [-0.2, 0) is 13.0 Å². The molecule has 1 N–H and O–H groups in total. The molecule has 5 heteroatoms. The molecule has 1 unspecified atom stereocenters. The van der Waals surface area contributed by atoms with E-state index in [0.29, 0.717) is 5.56 Å². The van der Waals surface area contributed by atoms with Gasteiger partial charge in [0, 0.05) is 24.5 Å². The van der Waals surface area contributed by atoms with E-state index in [1.54, 1.807) is 24.5 Å². The number of para-hydroxylation sites is 2. The van der Waals surface area contributed by atoms with Crippen LogP contribution >= 0.6 is 0 Å². The molecule has 0 bridgehead atoms. The molecule has 146 valence electrons. The molecular weight excluding hydrogens is 360 g/mol. The van der Waals surface area contributed by atoms with Gasteiger partial charge in [-0.2, -0.15) is 0 Å². The van der Waals surface area contributed by atoms with Gasteiger partial charge in [0.2, 0.25) is 0 Å². The molecule has 2 aromatic carbocycles. The highest BCUT2D eigenvalue weighted by Crippen LogP contribution is 2.22. The van der Waals surface area contributed by atoms with Crippen LogP contribution in [0.25, 0.3) is 11.0 Å². The number of fused-ring (bicyclic) bond motifs is 1. The van der Waals surface area contributed by atoms with Crippen LogP contribution in [0.1, 0.15) is 41.1 Å². The molecule has 4 rings (SSSR count). The van der Waals surface area contributed by atoms with Crippen molar-refractivity contribution in [1.82, 2.24) is 19.9 Å². The summed E-state index contributed by atoms with van der Waals surface area (Å²) in [6.45, 7) is 2.83. The lowest BCUT2D eigenvalue weighted by atomic mass is 10.1. The van der Waals surface area contributed by atoms with E-state index in [1.807, 2.05) is 31.2 Å². The van der Waals surface area contributed by atoms with E-state index in [2.05, 4.69) is 45.2 Å². The normalized spacial score (nSPS) is 12.0. The number of aryl methyl sites for hydroxylation is 2. The number of nitrogens with zero attached hydrogens (tertiary/aromatic N) is 3. The number of aromatic nitrogens is 3. The first-order valence-electron chi connectivity index (χ1n) is 9.92. The van der Waals surface area contributed by atoms with Gasteiger partial charge in [-0.15, -0.1) is 0 Å². The number of pyridine rings is 1. The Balaban J connectivity index is 1.54. The van der Waals surface area contributed by atoms with Crippen LogP contribution in [0.3, 0.4) is 0 Å². The molecule has 2 heterocycles. The molecule has 4 aromatic rings. The number of carbonyl (C=O) groups is 1. The summed E-state index contributed by atoms with van der Waals surface area (Å²) in [7, 11) is 0. The molecule has 0 aliphatic carbocycles. The second-order valence-electron chi connectivity index (χ2n) is 7.13. The van der Waals surface area contributed by atoms with E-state index in [1.165, 1.54) is 5.56 Å². The average molecular weight is 384 g/mol. The molecule has 1 atom stereocenters. The zero-order valence-corrected chi connectivity index (χ0v) is 16.5. The van der Waals surface area contributed by atoms with Gasteiger partial charge in [0.05, 0.1) is 17.1 Å². The number of amides is 1. The summed E-state index contributed by atoms with van der Waals surface area (Å²) in [5, 5.41) is 3.07. The van der Waals surface area contributed by atoms with Crippen molar-refractivity contribution in [2.24, 2.45) is 0 Å². The predicted molar refractivity (Wildman–Crippen MR) is 115 cm³/mol. The molecule has 1 amide bonds. The Bertz CT molecular complexity index is 1090. The quantitative estimate of drug-likeness (QED) is 0.508. The van der Waals surface area contributed by atoms with Gasteiger partial charge in [-0.25, -0.2) is 4.98 Å². The lowest BCUT2D eigenvalue weighted by molar-refractivity contribution is 0.0937. The van der Waals surface area contributed by atoms with Crippen molar-refractivity contribution in [3.05, 3.63) is 96.1 Å². The number of hydrogen-bond acceptors (Lipinski definition) is 3. The zero-order valence-electron chi connectivity index (χ0n) is 16.5. The van der Waals surface area contributed by atoms with Gasteiger partial charge in [-0.05, 0) is 49.6 Å². The van der Waals surface area contributed by atoms with Crippen LogP contribution in [0, 0.1) is 0 Å². The number of hydrogen-bond donors (Lipinski definition) is 1. The predicted octanol–water partition coefficient (Wildman–Crippen LogP) is 4.56. The average Bonchev–Trinajstić information content (AvgIpc) is 3.14. The van der Waals surface area contributed by atoms with Crippen LogP contribution < -0.4 is 5.32 Å². The monoisotopic (exact) mass is 384 g/mol. The van der Waals surface area contributed by atoms with Crippen molar-refractivity contribution in [3.63, 3.8) is 0 Å². The van der Waals surface area contributed by atoms with E-state index in [-0.39, 0.29) is 11.9 Å². The zero-order chi connectivity index (χ0) is 20.1. The summed E-state index contributed by atoms with van der Waals surface area (Å²) in [4.78, 5) is 21.4. The third-order valence-corrected chi connectivity index (χ3v) is 5.05. The van der Waals surface area contributed by atoms with Gasteiger partial charge in [-0.1, -0.05) is 42.5 Å². The smallest absolute Gasteiger partial charge is 0.251 e. The van der Waals surface area contributed by atoms with Gasteiger partial charge < -0.3 is 9.88 Å². The van der Waals surface area contributed by atoms with Crippen LogP contribution in [0.4, 0.5) is 0 Å². The minimum Gasteiger partial charge on any atom is -0.342 e. The minimum absolute atomic E-state index is 0.122. The molecule has 0 spiro atoms. The van der Waals surface area contributed by atoms with Gasteiger partial charge in [0.1, 0.15) is 5.82 Å². The van der Waals surface area contributed by atoms with Crippen molar-refractivity contribution in [1.29, 1.82) is 0 Å². The Morgan fingerprint density at radius 2 is 1.72 bits per heavy atom. The number of benzene rings is 2. The summed E-state index contributed by atoms with van der Waals surface area (Å²) in [5.41, 5.74) is 3.98. The Labute approximate surface area is 170 Å². The summed E-state index contributed by atoms with van der Waals surface area (Å²) < 4.78 is 2.23. The summed E-state index contributed by atoms with van der Waals surface area (Å²) in [6.07, 6.45) is 5.25. The van der Waals surface area contributed by atoms with Crippen LogP contribution in [0.15, 0.2) is 79.1 Å². The topological polar surface area (TPSA) is 59.8 Å². The fourth-order valence-electron chi connectivity index (χ4n) is 3.59. The minimum atomic E-state index is -0.209. The third kappa shape index (κ3) is 4.35. The van der Waals surface area contributed by atoms with Gasteiger partial charge >= 0.3 is 0 Å². The van der Waals surface area contributed by atoms with Gasteiger partial charge in [-0.3, -0.25) is 9.78 Å². The number of nitrogens with one attached hydrogen (secondary N) is 1. The van der Waals surface area contributed by atoms with Crippen molar-refractivity contribution in [2.75, 3.05) is 0 Å². The highest BCUT2D eigenvalue weighted by molar-refractivity contribution is 5.94. The Morgan fingerprint density at radius 1 is 1.00 bits per heavy atom. The maximum Gasteiger partial charge on any atom is 0.251 e. The number of carbonyl (C=O) groups excluding carboxylic acids is 1. The maximum absolute atomic E-state index is 12.6. The molecule has 2 aromatic heterocycles. The Morgan fingerprint density at radius 3 is 2.52 bits per heavy atom. The lowest BCUT2D eigenvalue weighted by Gasteiger charge is -2.16. The number of imidazole rings is 1. The largest absolute Gasteiger partial charge is 0.342 e. The first-order chi connectivity index (χ1) is 14.2. The molecule has 0 saturated carbocycles. The van der Waals surface area contributed by atoms with Crippen LogP contribution in [0.2, 0.25) is 0 Å². The van der Waals surface area contributed by atoms with Gasteiger partial charge in [0.25, 0.3) is 5.91 Å².